The van der Waals surface area contributed by atoms with Gasteiger partial charge in [-0.25, -0.2) is 0 Å². The molecule has 0 aliphatic carbocycles. The van der Waals surface area contributed by atoms with Gasteiger partial charge in [-0.3, -0.25) is 10.2 Å². The number of rotatable bonds is 6. The van der Waals surface area contributed by atoms with Crippen LogP contribution in [0.3, 0.4) is 0 Å². The van der Waals surface area contributed by atoms with Crippen LogP contribution in [0.2, 0.25) is 0 Å². The molecule has 2 aromatic carbocycles. The van der Waals surface area contributed by atoms with Crippen LogP contribution in [0.15, 0.2) is 53.0 Å². The molecule has 4 nitrogen and oxygen atoms in total. The Bertz CT molecular complexity index is 922. The summed E-state index contributed by atoms with van der Waals surface area (Å²) in [5.41, 5.74) is 2.99. The van der Waals surface area contributed by atoms with Crippen LogP contribution in [0, 0.1) is 5.41 Å². The number of benzene rings is 2. The number of hydrogen-bond donors (Lipinski definition) is 1. The molecular weight excluding hydrogens is 366 g/mol. The molecule has 1 aromatic heterocycles. The Hall–Kier alpha value is -2.14. The Morgan fingerprint density at radius 3 is 2.29 bits per heavy atom. The van der Waals surface area contributed by atoms with Crippen LogP contribution in [0.4, 0.5) is 0 Å². The Morgan fingerprint density at radius 1 is 1.04 bits per heavy atom. The molecule has 0 unspecified atom stereocenters. The molecule has 5 heteroatoms. The van der Waals surface area contributed by atoms with Crippen molar-refractivity contribution in [1.82, 2.24) is 9.13 Å². The summed E-state index contributed by atoms with van der Waals surface area (Å²) in [5, 5.41) is 8.51. The van der Waals surface area contributed by atoms with Crippen LogP contribution < -0.4 is 5.62 Å². The third kappa shape index (κ3) is 3.22. The zero-order chi connectivity index (χ0) is 17.1. The number of hydrogen-bond acceptors (Lipinski definition) is 2. The lowest BCUT2D eigenvalue weighted by Gasteiger charge is -2.05. The van der Waals surface area contributed by atoms with Gasteiger partial charge < -0.3 is 9.13 Å². The third-order valence-electron chi connectivity index (χ3n) is 4.18. The van der Waals surface area contributed by atoms with Gasteiger partial charge in [0.05, 0.1) is 17.6 Å². The van der Waals surface area contributed by atoms with E-state index in [1.165, 1.54) is 0 Å². The van der Waals surface area contributed by atoms with E-state index in [0.29, 0.717) is 11.2 Å². The predicted molar refractivity (Wildman–Crippen MR) is 99.2 cm³/mol. The van der Waals surface area contributed by atoms with Crippen molar-refractivity contribution in [2.45, 2.75) is 32.9 Å². The number of nitrogens with zero attached hydrogens (tertiary/aromatic N) is 2. The van der Waals surface area contributed by atoms with Crippen LogP contribution in [-0.2, 0) is 13.1 Å². The van der Waals surface area contributed by atoms with Crippen LogP contribution in [0.25, 0.3) is 11.0 Å². The number of nitrogens with one attached hydrogen (secondary N) is 1. The number of unbranched alkanes of at least 4 members (excludes halogenated alkanes) is 1. The number of fused-ring (bicyclic) bond motifs is 1. The first-order valence-corrected chi connectivity index (χ1v) is 8.92. The van der Waals surface area contributed by atoms with Gasteiger partial charge in [0.2, 0.25) is 5.62 Å². The summed E-state index contributed by atoms with van der Waals surface area (Å²) in [6.45, 7) is 3.12. The minimum absolute atomic E-state index is 0.0133. The summed E-state index contributed by atoms with van der Waals surface area (Å²) in [7, 11) is 0. The Balaban J connectivity index is 2.00. The molecule has 0 aliphatic rings. The van der Waals surface area contributed by atoms with Gasteiger partial charge in [-0.05, 0) is 30.7 Å². The monoisotopic (exact) mass is 385 g/mol. The van der Waals surface area contributed by atoms with Crippen molar-refractivity contribution in [3.05, 3.63) is 64.2 Å². The lowest BCUT2D eigenvalue weighted by atomic mass is 10.1. The van der Waals surface area contributed by atoms with Crippen LogP contribution >= 0.6 is 15.9 Å². The minimum atomic E-state index is 0.0133. The second kappa shape index (κ2) is 7.18. The average Bonchev–Trinajstić information content (AvgIpc) is 2.85. The van der Waals surface area contributed by atoms with Crippen molar-refractivity contribution >= 4 is 32.7 Å². The van der Waals surface area contributed by atoms with Crippen LogP contribution in [-0.4, -0.2) is 14.9 Å². The molecule has 0 spiro atoms. The number of carbonyl (C=O) groups is 1. The molecule has 0 fully saturated rings. The number of aromatic nitrogens is 2. The van der Waals surface area contributed by atoms with Crippen molar-refractivity contribution in [3.8, 4) is 0 Å². The average molecular weight is 386 g/mol. The number of halogens is 1. The van der Waals surface area contributed by atoms with Gasteiger partial charge in [-0.1, -0.05) is 53.5 Å². The molecule has 0 amide bonds. The topological polar surface area (TPSA) is 50.8 Å². The van der Waals surface area contributed by atoms with E-state index in [1.807, 2.05) is 53.1 Å². The Kier molecular flexibility index (Phi) is 5.00. The normalized spacial score (nSPS) is 11.1. The van der Waals surface area contributed by atoms with Gasteiger partial charge in [0.25, 0.3) is 0 Å². The molecule has 3 aromatic rings. The molecule has 0 radical (unpaired) electrons. The molecule has 0 saturated heterocycles. The molecule has 24 heavy (non-hydrogen) atoms. The highest BCUT2D eigenvalue weighted by atomic mass is 79.9. The van der Waals surface area contributed by atoms with Crippen LogP contribution in [0.5, 0.6) is 0 Å². The maximum Gasteiger partial charge on any atom is 0.203 e. The molecule has 1 heterocycles. The van der Waals surface area contributed by atoms with E-state index in [0.717, 1.165) is 34.9 Å². The fraction of sp³-hybridized carbons (Fsp3) is 0.263. The van der Waals surface area contributed by atoms with Crippen LogP contribution in [0.1, 0.15) is 30.1 Å². The maximum absolute atomic E-state index is 12.6. The summed E-state index contributed by atoms with van der Waals surface area (Å²) in [5.74, 6) is 0.0133. The van der Waals surface area contributed by atoms with Crippen molar-refractivity contribution in [3.63, 3.8) is 0 Å². The van der Waals surface area contributed by atoms with E-state index in [1.54, 1.807) is 4.57 Å². The summed E-state index contributed by atoms with van der Waals surface area (Å²) in [6.07, 6.45) is 2.09. The summed E-state index contributed by atoms with van der Waals surface area (Å²) >= 11 is 3.38. The quantitative estimate of drug-likeness (QED) is 0.629. The lowest BCUT2D eigenvalue weighted by Crippen LogP contribution is -2.27. The van der Waals surface area contributed by atoms with E-state index >= 15 is 0 Å². The summed E-state index contributed by atoms with van der Waals surface area (Å²) in [4.78, 5) is 12.6. The number of ketones is 1. The van der Waals surface area contributed by atoms with Crippen molar-refractivity contribution < 1.29 is 4.79 Å². The molecular formula is C19H20BrN3O. The van der Waals surface area contributed by atoms with E-state index in [-0.39, 0.29) is 12.3 Å². The zero-order valence-electron chi connectivity index (χ0n) is 13.6. The fourth-order valence-electron chi connectivity index (χ4n) is 2.87. The van der Waals surface area contributed by atoms with E-state index < -0.39 is 0 Å². The SMILES string of the molecule is CCCCn1c(=N)n(CC(=O)c2ccc(Br)cc2)c2ccccc21. The summed E-state index contributed by atoms with van der Waals surface area (Å²) < 4.78 is 4.74. The maximum atomic E-state index is 12.6. The number of carbonyl (C=O) groups excluding carboxylic acids is 1. The Labute approximate surface area is 149 Å². The largest absolute Gasteiger partial charge is 0.310 e. The second-order valence-electron chi connectivity index (χ2n) is 5.83. The molecule has 0 saturated carbocycles. The molecule has 0 aliphatic heterocycles. The molecule has 3 rings (SSSR count). The minimum Gasteiger partial charge on any atom is -0.310 e. The molecule has 1 N–H and O–H groups in total. The molecule has 124 valence electrons. The van der Waals surface area contributed by atoms with Crippen molar-refractivity contribution in [2.75, 3.05) is 0 Å². The summed E-state index contributed by atoms with van der Waals surface area (Å²) in [6, 6.07) is 15.3. The zero-order valence-corrected chi connectivity index (χ0v) is 15.2. The predicted octanol–water partition coefficient (Wildman–Crippen LogP) is 4.37. The highest BCUT2D eigenvalue weighted by Gasteiger charge is 2.14. The first-order chi connectivity index (χ1) is 11.6. The third-order valence-corrected chi connectivity index (χ3v) is 4.71. The number of imidazole rings is 1. The van der Waals surface area contributed by atoms with Crippen molar-refractivity contribution in [2.24, 2.45) is 0 Å². The first-order valence-electron chi connectivity index (χ1n) is 8.13. The lowest BCUT2D eigenvalue weighted by molar-refractivity contribution is 0.0971. The van der Waals surface area contributed by atoms with E-state index in [9.17, 15) is 4.79 Å². The molecule has 0 atom stereocenters. The van der Waals surface area contributed by atoms with Gasteiger partial charge >= 0.3 is 0 Å². The van der Waals surface area contributed by atoms with Crippen molar-refractivity contribution in [1.29, 1.82) is 5.41 Å². The Morgan fingerprint density at radius 2 is 1.67 bits per heavy atom. The van der Waals surface area contributed by atoms with Gasteiger partial charge in [0.15, 0.2) is 5.78 Å². The fourth-order valence-corrected chi connectivity index (χ4v) is 3.13. The standard InChI is InChI=1S/C19H20BrN3O/c1-2-3-12-22-16-6-4-5-7-17(16)23(19(22)21)13-18(24)14-8-10-15(20)11-9-14/h4-11,21H,2-3,12-13H2,1H3. The van der Waals surface area contributed by atoms with E-state index in [2.05, 4.69) is 22.9 Å². The molecule has 0 bridgehead atoms. The highest BCUT2D eigenvalue weighted by Crippen LogP contribution is 2.15. The smallest absolute Gasteiger partial charge is 0.203 e. The first kappa shape index (κ1) is 16.7. The number of Topliss-reactive ketones (excluding diaryl/α,β-unsaturated/α-hetero) is 1. The van der Waals surface area contributed by atoms with Gasteiger partial charge in [0.1, 0.15) is 0 Å². The number of para-hydroxylation sites is 2. The van der Waals surface area contributed by atoms with Gasteiger partial charge in [-0.15, -0.1) is 0 Å². The van der Waals surface area contributed by atoms with E-state index in [4.69, 9.17) is 5.41 Å². The van der Waals surface area contributed by atoms with Gasteiger partial charge in [0, 0.05) is 16.6 Å². The second-order valence-corrected chi connectivity index (χ2v) is 6.75. The van der Waals surface area contributed by atoms with Gasteiger partial charge in [-0.2, -0.15) is 0 Å². The number of aryl methyl sites for hydroxylation is 1. The highest BCUT2D eigenvalue weighted by molar-refractivity contribution is 9.10.